The third-order valence-corrected chi connectivity index (χ3v) is 6.21. The number of aliphatic hydroxyl groups excluding tert-OH is 1. The molecule has 0 radical (unpaired) electrons. The topological polar surface area (TPSA) is 82.6 Å². The minimum atomic E-state index is -0.829. The van der Waals surface area contributed by atoms with Crippen LogP contribution in [0.2, 0.25) is 5.02 Å². The molecule has 2 heterocycles. The molecule has 1 aliphatic heterocycles. The molecule has 34 heavy (non-hydrogen) atoms. The molecule has 6 nitrogen and oxygen atoms in total. The largest absolute Gasteiger partial charge is 0.507 e. The highest BCUT2D eigenvalue weighted by Crippen LogP contribution is 2.44. The lowest BCUT2D eigenvalue weighted by atomic mass is 9.94. The van der Waals surface area contributed by atoms with Gasteiger partial charge in [-0.2, -0.15) is 0 Å². The molecular weight excluding hydrogens is 452 g/mol. The molecule has 0 saturated carbocycles. The summed E-state index contributed by atoms with van der Waals surface area (Å²) in [5.41, 5.74) is 2.47. The van der Waals surface area contributed by atoms with Crippen molar-refractivity contribution in [2.45, 2.75) is 13.0 Å². The van der Waals surface area contributed by atoms with Gasteiger partial charge in [0.25, 0.3) is 11.7 Å². The van der Waals surface area contributed by atoms with Crippen molar-refractivity contribution in [2.75, 3.05) is 11.5 Å². The number of aromatic amines is 1. The Morgan fingerprint density at radius 3 is 2.56 bits per heavy atom. The summed E-state index contributed by atoms with van der Waals surface area (Å²) in [7, 11) is 0. The van der Waals surface area contributed by atoms with Crippen molar-refractivity contribution in [3.05, 3.63) is 101 Å². The molecule has 1 fully saturated rings. The molecule has 4 aromatic rings. The Balaban J connectivity index is 1.76. The third kappa shape index (κ3) is 3.53. The summed E-state index contributed by atoms with van der Waals surface area (Å²) in [6.07, 6.45) is 1.78. The van der Waals surface area contributed by atoms with E-state index in [4.69, 9.17) is 16.3 Å². The second-order valence-electron chi connectivity index (χ2n) is 7.87. The van der Waals surface area contributed by atoms with Crippen molar-refractivity contribution in [3.63, 3.8) is 0 Å². The smallest absolute Gasteiger partial charge is 0.300 e. The van der Waals surface area contributed by atoms with E-state index in [9.17, 15) is 14.7 Å². The van der Waals surface area contributed by atoms with E-state index in [1.807, 2.05) is 37.3 Å². The van der Waals surface area contributed by atoms with Gasteiger partial charge in [-0.3, -0.25) is 14.5 Å². The van der Waals surface area contributed by atoms with Crippen LogP contribution in [0.25, 0.3) is 16.7 Å². The van der Waals surface area contributed by atoms with Crippen molar-refractivity contribution in [3.8, 4) is 5.75 Å². The SMILES string of the molecule is CCOc1cc(/C(O)=C2\C(=O)C(=O)N(c3ccccc3)C2c2c[nH]c3ccccc23)ccc1Cl. The van der Waals surface area contributed by atoms with Gasteiger partial charge in [-0.1, -0.05) is 48.0 Å². The molecule has 1 atom stereocenters. The van der Waals surface area contributed by atoms with Crippen LogP contribution in [-0.4, -0.2) is 28.4 Å². The molecule has 0 bridgehead atoms. The van der Waals surface area contributed by atoms with Crippen LogP contribution in [0.4, 0.5) is 5.69 Å². The van der Waals surface area contributed by atoms with E-state index in [1.54, 1.807) is 48.7 Å². The summed E-state index contributed by atoms with van der Waals surface area (Å²) in [5, 5.41) is 12.6. The maximum absolute atomic E-state index is 13.3. The molecule has 0 spiro atoms. The number of fused-ring (bicyclic) bond motifs is 1. The van der Waals surface area contributed by atoms with Crippen molar-refractivity contribution < 1.29 is 19.4 Å². The number of carbonyl (C=O) groups is 2. The fraction of sp³-hybridized carbons (Fsp3) is 0.111. The number of halogens is 1. The first-order valence-corrected chi connectivity index (χ1v) is 11.2. The predicted molar refractivity (Wildman–Crippen MR) is 132 cm³/mol. The average Bonchev–Trinajstić information content (AvgIpc) is 3.39. The summed E-state index contributed by atoms with van der Waals surface area (Å²) >= 11 is 6.21. The summed E-state index contributed by atoms with van der Waals surface area (Å²) < 4.78 is 5.55. The van der Waals surface area contributed by atoms with E-state index in [2.05, 4.69) is 4.98 Å². The van der Waals surface area contributed by atoms with Crippen LogP contribution in [0, 0.1) is 0 Å². The van der Waals surface area contributed by atoms with E-state index in [-0.39, 0.29) is 11.3 Å². The van der Waals surface area contributed by atoms with Crippen LogP contribution in [0.1, 0.15) is 24.1 Å². The Morgan fingerprint density at radius 1 is 1.06 bits per heavy atom. The maximum Gasteiger partial charge on any atom is 0.300 e. The molecule has 7 heteroatoms. The van der Waals surface area contributed by atoms with Crippen LogP contribution < -0.4 is 9.64 Å². The number of hydrogen-bond acceptors (Lipinski definition) is 4. The minimum Gasteiger partial charge on any atom is -0.507 e. The van der Waals surface area contributed by atoms with E-state index in [0.717, 1.165) is 10.9 Å². The van der Waals surface area contributed by atoms with E-state index in [0.29, 0.717) is 34.2 Å². The van der Waals surface area contributed by atoms with Crippen LogP contribution in [0.3, 0.4) is 0 Å². The Morgan fingerprint density at radius 2 is 1.79 bits per heavy atom. The molecule has 0 aliphatic carbocycles. The van der Waals surface area contributed by atoms with Crippen LogP contribution >= 0.6 is 11.6 Å². The number of benzene rings is 3. The quantitative estimate of drug-likeness (QED) is 0.217. The van der Waals surface area contributed by atoms with Gasteiger partial charge in [-0.05, 0) is 43.3 Å². The highest BCUT2D eigenvalue weighted by Gasteiger charge is 2.47. The van der Waals surface area contributed by atoms with Crippen molar-refractivity contribution >= 4 is 45.6 Å². The first-order chi connectivity index (χ1) is 16.5. The molecule has 3 aromatic carbocycles. The number of ketones is 1. The standard InChI is InChI=1S/C27H21ClN2O4/c1-2-34-22-14-16(12-13-20(22)28)25(31)23-24(19-15-29-21-11-7-6-10-18(19)21)30(27(33)26(23)32)17-8-4-3-5-9-17/h3-15,24,29,31H,2H2,1H3/b25-23+. The number of Topliss-reactive ketones (excluding diaryl/α,β-unsaturated/α-hetero) is 1. The van der Waals surface area contributed by atoms with Crippen molar-refractivity contribution in [1.29, 1.82) is 0 Å². The number of hydrogen-bond donors (Lipinski definition) is 2. The normalized spacial score (nSPS) is 17.5. The lowest BCUT2D eigenvalue weighted by molar-refractivity contribution is -0.132. The summed E-state index contributed by atoms with van der Waals surface area (Å²) in [4.78, 5) is 31.3. The summed E-state index contributed by atoms with van der Waals surface area (Å²) in [6, 6.07) is 20.5. The first kappa shape index (κ1) is 21.8. The van der Waals surface area contributed by atoms with Gasteiger partial charge in [-0.15, -0.1) is 0 Å². The van der Waals surface area contributed by atoms with Crippen LogP contribution in [0.15, 0.2) is 84.6 Å². The number of carbonyl (C=O) groups excluding carboxylic acids is 2. The lowest BCUT2D eigenvalue weighted by Gasteiger charge is -2.25. The van der Waals surface area contributed by atoms with Crippen molar-refractivity contribution in [1.82, 2.24) is 4.98 Å². The molecular formula is C27H21ClN2O4. The number of H-pyrrole nitrogens is 1. The number of anilines is 1. The zero-order valence-electron chi connectivity index (χ0n) is 18.3. The molecule has 1 aromatic heterocycles. The number of rotatable bonds is 5. The molecule has 1 aliphatic rings. The molecule has 5 rings (SSSR count). The van der Waals surface area contributed by atoms with Crippen molar-refractivity contribution in [2.24, 2.45) is 0 Å². The number of aliphatic hydroxyl groups is 1. The van der Waals surface area contributed by atoms with Gasteiger partial charge in [0.2, 0.25) is 0 Å². The fourth-order valence-electron chi connectivity index (χ4n) is 4.37. The summed E-state index contributed by atoms with van der Waals surface area (Å²) in [6.45, 7) is 2.21. The van der Waals surface area contributed by atoms with Gasteiger partial charge in [0.1, 0.15) is 11.5 Å². The van der Waals surface area contributed by atoms with Gasteiger partial charge < -0.3 is 14.8 Å². The minimum absolute atomic E-state index is 0.00313. The number of nitrogens with zero attached hydrogens (tertiary/aromatic N) is 1. The Hall–Kier alpha value is -4.03. The highest BCUT2D eigenvalue weighted by atomic mass is 35.5. The molecule has 1 saturated heterocycles. The number of ether oxygens (including phenoxy) is 1. The zero-order valence-corrected chi connectivity index (χ0v) is 19.0. The third-order valence-electron chi connectivity index (χ3n) is 5.90. The van der Waals surface area contributed by atoms with Gasteiger partial charge in [0.05, 0.1) is 23.2 Å². The average molecular weight is 473 g/mol. The Labute approximate surface area is 201 Å². The first-order valence-electron chi connectivity index (χ1n) is 10.9. The number of amides is 1. The van der Waals surface area contributed by atoms with Gasteiger partial charge >= 0.3 is 0 Å². The predicted octanol–water partition coefficient (Wildman–Crippen LogP) is 5.85. The second kappa shape index (κ2) is 8.72. The van der Waals surface area contributed by atoms with E-state index in [1.165, 1.54) is 4.90 Å². The monoisotopic (exact) mass is 472 g/mol. The van der Waals surface area contributed by atoms with Gasteiger partial charge in [-0.25, -0.2) is 0 Å². The molecule has 1 amide bonds. The molecule has 1 unspecified atom stereocenters. The highest BCUT2D eigenvalue weighted by molar-refractivity contribution is 6.52. The number of nitrogens with one attached hydrogen (secondary N) is 1. The van der Waals surface area contributed by atoms with Crippen LogP contribution in [-0.2, 0) is 9.59 Å². The fourth-order valence-corrected chi connectivity index (χ4v) is 4.55. The molecule has 170 valence electrons. The summed E-state index contributed by atoms with van der Waals surface area (Å²) in [5.74, 6) is -1.37. The maximum atomic E-state index is 13.3. The Kier molecular flexibility index (Phi) is 5.59. The van der Waals surface area contributed by atoms with E-state index < -0.39 is 17.7 Å². The second-order valence-corrected chi connectivity index (χ2v) is 8.28. The van der Waals surface area contributed by atoms with Crippen LogP contribution in [0.5, 0.6) is 5.75 Å². The molecule has 2 N–H and O–H groups in total. The Bertz CT molecular complexity index is 1440. The number of aromatic nitrogens is 1. The van der Waals surface area contributed by atoms with E-state index >= 15 is 0 Å². The number of para-hydroxylation sites is 2. The zero-order chi connectivity index (χ0) is 23.8. The van der Waals surface area contributed by atoms with Gasteiger partial charge in [0, 0.05) is 33.9 Å². The lowest BCUT2D eigenvalue weighted by Crippen LogP contribution is -2.29. The van der Waals surface area contributed by atoms with Gasteiger partial charge in [0.15, 0.2) is 0 Å².